The second-order valence-corrected chi connectivity index (χ2v) is 3.81. The number of aromatic nitrogens is 5. The molecule has 0 spiro atoms. The van der Waals surface area contributed by atoms with Crippen LogP contribution in [0.4, 0.5) is 11.9 Å². The largest absolute Gasteiger partial charge is 0.395 e. The lowest BCUT2D eigenvalue weighted by molar-refractivity contribution is 0.280. The summed E-state index contributed by atoms with van der Waals surface area (Å²) in [6.45, 7) is 0.408. The van der Waals surface area contributed by atoms with Crippen molar-refractivity contribution in [1.29, 1.82) is 0 Å². The minimum absolute atomic E-state index is 0.0858. The van der Waals surface area contributed by atoms with Crippen LogP contribution < -0.4 is 16.2 Å². The first-order valence-electron chi connectivity index (χ1n) is 5.96. The molecule has 10 nitrogen and oxygen atoms in total. The lowest BCUT2D eigenvalue weighted by Gasteiger charge is -2.21. The number of anilines is 2. The van der Waals surface area contributed by atoms with Crippen LogP contribution in [0.25, 0.3) is 5.95 Å². The molecule has 108 valence electrons. The molecular formula is C10H16N8O2. The maximum absolute atomic E-state index is 9.05. The van der Waals surface area contributed by atoms with Crippen LogP contribution in [0, 0.1) is 0 Å². The molecule has 0 amide bonds. The number of nitrogen functional groups attached to an aromatic ring is 1. The fraction of sp³-hybridized carbons (Fsp3) is 0.400. The summed E-state index contributed by atoms with van der Waals surface area (Å²) in [5.41, 5.74) is 2.36. The van der Waals surface area contributed by atoms with Gasteiger partial charge < -0.3 is 15.1 Å². The van der Waals surface area contributed by atoms with E-state index in [4.69, 9.17) is 16.1 Å². The maximum atomic E-state index is 9.05. The van der Waals surface area contributed by atoms with Crippen LogP contribution in [-0.2, 0) is 0 Å². The molecule has 0 aliphatic rings. The van der Waals surface area contributed by atoms with Crippen molar-refractivity contribution in [1.82, 2.24) is 24.5 Å². The Morgan fingerprint density at radius 2 is 1.95 bits per heavy atom. The number of hydrogen-bond acceptors (Lipinski definition) is 9. The molecule has 2 aromatic rings. The lowest BCUT2D eigenvalue weighted by Crippen LogP contribution is -2.32. The summed E-state index contributed by atoms with van der Waals surface area (Å²) < 4.78 is 1.60. The highest BCUT2D eigenvalue weighted by molar-refractivity contribution is 5.39. The maximum Gasteiger partial charge on any atom is 0.243 e. The Bertz CT molecular complexity index is 526. The number of rotatable bonds is 7. The van der Waals surface area contributed by atoms with Crippen LogP contribution in [0.2, 0.25) is 0 Å². The highest BCUT2D eigenvalue weighted by Gasteiger charge is 2.13. The van der Waals surface area contributed by atoms with Crippen molar-refractivity contribution in [2.45, 2.75) is 0 Å². The summed E-state index contributed by atoms with van der Waals surface area (Å²) >= 11 is 0. The van der Waals surface area contributed by atoms with Gasteiger partial charge >= 0.3 is 0 Å². The molecule has 0 aliphatic carbocycles. The second-order valence-electron chi connectivity index (χ2n) is 3.81. The Balaban J connectivity index is 2.38. The van der Waals surface area contributed by atoms with Gasteiger partial charge in [0.2, 0.25) is 17.8 Å². The molecular weight excluding hydrogens is 264 g/mol. The van der Waals surface area contributed by atoms with Gasteiger partial charge in [-0.2, -0.15) is 15.0 Å². The van der Waals surface area contributed by atoms with Gasteiger partial charge in [0, 0.05) is 25.5 Å². The predicted molar refractivity (Wildman–Crippen MR) is 71.1 cm³/mol. The zero-order valence-corrected chi connectivity index (χ0v) is 10.7. The Hall–Kier alpha value is -2.30. The molecule has 0 saturated heterocycles. The van der Waals surface area contributed by atoms with Crippen molar-refractivity contribution in [3.8, 4) is 5.95 Å². The minimum Gasteiger partial charge on any atom is -0.395 e. The molecule has 2 heterocycles. The van der Waals surface area contributed by atoms with E-state index in [1.807, 2.05) is 0 Å². The Labute approximate surface area is 114 Å². The first-order chi connectivity index (χ1) is 9.78. The topological polar surface area (TPSA) is 138 Å². The minimum atomic E-state index is -0.0858. The molecule has 10 heteroatoms. The third-order valence-corrected chi connectivity index (χ3v) is 2.50. The van der Waals surface area contributed by atoms with Gasteiger partial charge in [-0.05, 0) is 0 Å². The van der Waals surface area contributed by atoms with E-state index in [2.05, 4.69) is 25.4 Å². The number of nitrogens with zero attached hydrogens (tertiary/aromatic N) is 6. The third kappa shape index (κ3) is 3.17. The van der Waals surface area contributed by atoms with Crippen molar-refractivity contribution >= 4 is 11.9 Å². The number of aliphatic hydroxyl groups excluding tert-OH is 2. The van der Waals surface area contributed by atoms with E-state index in [1.54, 1.807) is 28.2 Å². The third-order valence-electron chi connectivity index (χ3n) is 2.50. The summed E-state index contributed by atoms with van der Waals surface area (Å²) in [6.07, 6.45) is 4.82. The smallest absolute Gasteiger partial charge is 0.243 e. The molecule has 0 fully saturated rings. The first-order valence-corrected chi connectivity index (χ1v) is 5.96. The SMILES string of the molecule is NNc1nc(N(CCO)CCO)nc(-n2ccnc2)n1. The second kappa shape index (κ2) is 6.75. The van der Waals surface area contributed by atoms with Gasteiger partial charge in [-0.25, -0.2) is 10.8 Å². The van der Waals surface area contributed by atoms with Crippen molar-refractivity contribution < 1.29 is 10.2 Å². The van der Waals surface area contributed by atoms with Gasteiger partial charge in [-0.1, -0.05) is 0 Å². The van der Waals surface area contributed by atoms with Crippen molar-refractivity contribution in [2.24, 2.45) is 5.84 Å². The van der Waals surface area contributed by atoms with Crippen molar-refractivity contribution in [3.05, 3.63) is 18.7 Å². The predicted octanol–water partition coefficient (Wildman–Crippen LogP) is -1.87. The number of aliphatic hydroxyl groups is 2. The lowest BCUT2D eigenvalue weighted by atomic mass is 10.5. The summed E-state index contributed by atoms with van der Waals surface area (Å²) in [6, 6.07) is 0. The highest BCUT2D eigenvalue weighted by Crippen LogP contribution is 2.12. The van der Waals surface area contributed by atoms with Crippen LogP contribution in [0.15, 0.2) is 18.7 Å². The Morgan fingerprint density at radius 1 is 1.20 bits per heavy atom. The van der Waals surface area contributed by atoms with Crippen LogP contribution in [0.3, 0.4) is 0 Å². The average Bonchev–Trinajstić information content (AvgIpc) is 3.01. The van der Waals surface area contributed by atoms with Crippen LogP contribution in [0.1, 0.15) is 0 Å². The quantitative estimate of drug-likeness (QED) is 0.339. The van der Waals surface area contributed by atoms with Crippen LogP contribution in [0.5, 0.6) is 0 Å². The van der Waals surface area contributed by atoms with Crippen LogP contribution >= 0.6 is 0 Å². The number of hydrogen-bond donors (Lipinski definition) is 4. The Morgan fingerprint density at radius 3 is 2.50 bits per heavy atom. The van der Waals surface area contributed by atoms with Gasteiger partial charge in [0.15, 0.2) is 0 Å². The average molecular weight is 280 g/mol. The molecule has 20 heavy (non-hydrogen) atoms. The summed E-state index contributed by atoms with van der Waals surface area (Å²) in [5, 5.41) is 18.1. The van der Waals surface area contributed by atoms with Gasteiger partial charge in [-0.15, -0.1) is 0 Å². The first kappa shape index (κ1) is 14.1. The monoisotopic (exact) mass is 280 g/mol. The number of nitrogens with two attached hydrogens (primary N) is 1. The fourth-order valence-electron chi connectivity index (χ4n) is 1.61. The van der Waals surface area contributed by atoms with Crippen LogP contribution in [-0.4, -0.2) is 61.0 Å². The van der Waals surface area contributed by atoms with Crippen molar-refractivity contribution in [2.75, 3.05) is 36.6 Å². The highest BCUT2D eigenvalue weighted by atomic mass is 16.3. The summed E-state index contributed by atoms with van der Waals surface area (Å²) in [4.78, 5) is 18.0. The van der Waals surface area contributed by atoms with E-state index in [0.29, 0.717) is 11.9 Å². The normalized spacial score (nSPS) is 10.6. The summed E-state index contributed by atoms with van der Waals surface area (Å²) in [5.74, 6) is 6.16. The van der Waals surface area contributed by atoms with E-state index >= 15 is 0 Å². The molecule has 2 rings (SSSR count). The zero-order chi connectivity index (χ0) is 14.4. The molecule has 2 aromatic heterocycles. The van der Waals surface area contributed by atoms with E-state index in [9.17, 15) is 0 Å². The standard InChI is InChI=1S/C10H16N8O2/c11-16-8-13-9(17(3-5-19)4-6-20)15-10(14-8)18-2-1-12-7-18/h1-2,7,19-20H,3-6,11H2,(H,13,14,15,16). The molecule has 0 radical (unpaired) electrons. The van der Waals surface area contributed by atoms with Gasteiger partial charge in [-0.3, -0.25) is 9.99 Å². The van der Waals surface area contributed by atoms with E-state index in [0.717, 1.165) is 0 Å². The van der Waals surface area contributed by atoms with Crippen molar-refractivity contribution in [3.63, 3.8) is 0 Å². The molecule has 0 aromatic carbocycles. The number of imidazole rings is 1. The molecule has 0 bridgehead atoms. The van der Waals surface area contributed by atoms with Gasteiger partial charge in [0.1, 0.15) is 6.33 Å². The molecule has 0 saturated carbocycles. The number of hydrazine groups is 1. The van der Waals surface area contributed by atoms with E-state index in [-0.39, 0.29) is 32.3 Å². The van der Waals surface area contributed by atoms with E-state index in [1.165, 1.54) is 0 Å². The molecule has 0 unspecified atom stereocenters. The Kier molecular flexibility index (Phi) is 4.76. The molecule has 0 aliphatic heterocycles. The van der Waals surface area contributed by atoms with Gasteiger partial charge in [0.05, 0.1) is 13.2 Å². The molecule has 0 atom stereocenters. The summed E-state index contributed by atoms with van der Waals surface area (Å²) in [7, 11) is 0. The fourth-order valence-corrected chi connectivity index (χ4v) is 1.61. The number of nitrogens with one attached hydrogen (secondary N) is 1. The van der Waals surface area contributed by atoms with Gasteiger partial charge in [0.25, 0.3) is 0 Å². The molecule has 5 N–H and O–H groups in total. The van der Waals surface area contributed by atoms with E-state index < -0.39 is 0 Å². The zero-order valence-electron chi connectivity index (χ0n) is 10.7.